The molecule has 0 fully saturated rings. The van der Waals surface area contributed by atoms with E-state index in [4.69, 9.17) is 9.47 Å². The number of carbonyl (C=O) groups is 1. The van der Waals surface area contributed by atoms with E-state index in [0.29, 0.717) is 22.6 Å². The average molecular weight is 351 g/mol. The molecule has 5 nitrogen and oxygen atoms in total. The second-order valence-corrected chi connectivity index (χ2v) is 5.18. The van der Waals surface area contributed by atoms with Crippen molar-refractivity contribution in [1.29, 1.82) is 0 Å². The summed E-state index contributed by atoms with van der Waals surface area (Å²) in [6.07, 6.45) is 0. The number of para-hydroxylation sites is 1. The van der Waals surface area contributed by atoms with Gasteiger partial charge in [0, 0.05) is 11.1 Å². The monoisotopic (exact) mass is 351 g/mol. The van der Waals surface area contributed by atoms with Gasteiger partial charge in [-0.3, -0.25) is 4.79 Å². The summed E-state index contributed by atoms with van der Waals surface area (Å²) in [5.74, 6) is 0.574. The zero-order chi connectivity index (χ0) is 18.4. The molecule has 0 aliphatic carbocycles. The van der Waals surface area contributed by atoms with Crippen molar-refractivity contribution in [3.63, 3.8) is 0 Å². The van der Waals surface area contributed by atoms with Crippen LogP contribution in [0.25, 0.3) is 0 Å². The van der Waals surface area contributed by atoms with Gasteiger partial charge in [0.15, 0.2) is 11.5 Å². The Morgan fingerprint density at radius 2 is 1.68 bits per heavy atom. The molecule has 0 spiro atoms. The molecule has 25 heavy (non-hydrogen) atoms. The molecule has 1 amide bonds. The largest absolute Gasteiger partial charge is 0.493 e. The van der Waals surface area contributed by atoms with Crippen LogP contribution in [-0.4, -0.2) is 26.7 Å². The Balaban J connectivity index is 2.18. The number of benzene rings is 2. The number of rotatable bonds is 7. The molecule has 0 bridgehead atoms. The number of carbonyl (C=O) groups excluding carboxylic acids is 1. The third-order valence-corrected chi connectivity index (χ3v) is 3.59. The second-order valence-electron chi connectivity index (χ2n) is 5.18. The molecule has 0 heterocycles. The van der Waals surface area contributed by atoms with Gasteiger partial charge in [0.25, 0.3) is 5.91 Å². The van der Waals surface area contributed by atoms with Crippen LogP contribution in [0.1, 0.15) is 28.9 Å². The standard InChI is InChI=1S/C18H19F2NO4/c1-11(13-6-4-5-7-14(13)25-18(19)20)21-17(22)12-8-9-15(23-2)16(10-12)24-3/h4-11,18H,1-3H3,(H,21,22). The van der Waals surface area contributed by atoms with Crippen LogP contribution in [0.5, 0.6) is 17.2 Å². The molecule has 0 saturated heterocycles. The highest BCUT2D eigenvalue weighted by Gasteiger charge is 2.18. The van der Waals surface area contributed by atoms with Crippen molar-refractivity contribution in [3.05, 3.63) is 53.6 Å². The Morgan fingerprint density at radius 3 is 2.32 bits per heavy atom. The summed E-state index contributed by atoms with van der Waals surface area (Å²) < 4.78 is 39.8. The van der Waals surface area contributed by atoms with Crippen LogP contribution in [0, 0.1) is 0 Å². The van der Waals surface area contributed by atoms with Crippen LogP contribution >= 0.6 is 0 Å². The van der Waals surface area contributed by atoms with Crippen molar-refractivity contribution in [3.8, 4) is 17.2 Å². The van der Waals surface area contributed by atoms with Gasteiger partial charge in [-0.15, -0.1) is 0 Å². The molecule has 1 atom stereocenters. The van der Waals surface area contributed by atoms with Crippen molar-refractivity contribution >= 4 is 5.91 Å². The minimum atomic E-state index is -2.94. The van der Waals surface area contributed by atoms with E-state index >= 15 is 0 Å². The molecule has 134 valence electrons. The van der Waals surface area contributed by atoms with E-state index in [1.807, 2.05) is 0 Å². The normalized spacial score (nSPS) is 11.8. The van der Waals surface area contributed by atoms with E-state index < -0.39 is 12.7 Å². The number of nitrogens with one attached hydrogen (secondary N) is 1. The van der Waals surface area contributed by atoms with Gasteiger partial charge >= 0.3 is 6.61 Å². The molecule has 1 unspecified atom stereocenters. The molecule has 0 aliphatic rings. The SMILES string of the molecule is COc1ccc(C(=O)NC(C)c2ccccc2OC(F)F)cc1OC. The molecule has 2 aromatic carbocycles. The van der Waals surface area contributed by atoms with Gasteiger partial charge < -0.3 is 19.5 Å². The van der Waals surface area contributed by atoms with Gasteiger partial charge in [-0.05, 0) is 31.2 Å². The first-order valence-corrected chi connectivity index (χ1v) is 7.53. The predicted octanol–water partition coefficient (Wildman–Crippen LogP) is 3.80. The summed E-state index contributed by atoms with van der Waals surface area (Å²) in [5.41, 5.74) is 0.813. The molecular formula is C18H19F2NO4. The maximum Gasteiger partial charge on any atom is 0.387 e. The topological polar surface area (TPSA) is 56.8 Å². The van der Waals surface area contributed by atoms with E-state index in [-0.39, 0.29) is 11.7 Å². The number of hydrogen-bond donors (Lipinski definition) is 1. The fourth-order valence-corrected chi connectivity index (χ4v) is 2.38. The average Bonchev–Trinajstić information content (AvgIpc) is 2.60. The number of methoxy groups -OCH3 is 2. The molecule has 0 aromatic heterocycles. The zero-order valence-corrected chi connectivity index (χ0v) is 14.1. The van der Waals surface area contributed by atoms with Crippen LogP contribution in [-0.2, 0) is 0 Å². The van der Waals surface area contributed by atoms with Gasteiger partial charge in [0.1, 0.15) is 5.75 Å². The van der Waals surface area contributed by atoms with Gasteiger partial charge in [-0.25, -0.2) is 0 Å². The highest BCUT2D eigenvalue weighted by molar-refractivity contribution is 5.95. The molecule has 2 aromatic rings. The van der Waals surface area contributed by atoms with Crippen molar-refractivity contribution in [2.45, 2.75) is 19.6 Å². The Bertz CT molecular complexity index is 737. The summed E-state index contributed by atoms with van der Waals surface area (Å²) in [6, 6.07) is 10.5. The molecule has 0 radical (unpaired) electrons. The van der Waals surface area contributed by atoms with Gasteiger partial charge in [0.2, 0.25) is 0 Å². The van der Waals surface area contributed by atoms with Gasteiger partial charge in [-0.1, -0.05) is 18.2 Å². The maximum absolute atomic E-state index is 12.5. The molecule has 1 N–H and O–H groups in total. The lowest BCUT2D eigenvalue weighted by molar-refractivity contribution is -0.0506. The van der Waals surface area contributed by atoms with Crippen molar-refractivity contribution in [1.82, 2.24) is 5.32 Å². The van der Waals surface area contributed by atoms with Crippen LogP contribution in [0.2, 0.25) is 0 Å². The zero-order valence-electron chi connectivity index (χ0n) is 14.1. The minimum Gasteiger partial charge on any atom is -0.493 e. The molecule has 0 saturated carbocycles. The number of hydrogen-bond acceptors (Lipinski definition) is 4. The smallest absolute Gasteiger partial charge is 0.387 e. The number of ether oxygens (including phenoxy) is 3. The quantitative estimate of drug-likeness (QED) is 0.824. The summed E-state index contributed by atoms with van der Waals surface area (Å²) in [5, 5.41) is 2.75. The predicted molar refractivity (Wildman–Crippen MR) is 88.5 cm³/mol. The lowest BCUT2D eigenvalue weighted by Crippen LogP contribution is -2.27. The lowest BCUT2D eigenvalue weighted by atomic mass is 10.1. The first-order valence-electron chi connectivity index (χ1n) is 7.53. The summed E-state index contributed by atoms with van der Waals surface area (Å²) in [6.45, 7) is -1.25. The summed E-state index contributed by atoms with van der Waals surface area (Å²) in [7, 11) is 2.97. The molecule has 2 rings (SSSR count). The van der Waals surface area contributed by atoms with Crippen LogP contribution < -0.4 is 19.5 Å². The fourth-order valence-electron chi connectivity index (χ4n) is 2.38. The molecular weight excluding hydrogens is 332 g/mol. The Morgan fingerprint density at radius 1 is 1.00 bits per heavy atom. The Hall–Kier alpha value is -2.83. The van der Waals surface area contributed by atoms with E-state index in [9.17, 15) is 13.6 Å². The van der Waals surface area contributed by atoms with Crippen molar-refractivity contribution in [2.24, 2.45) is 0 Å². The highest BCUT2D eigenvalue weighted by Crippen LogP contribution is 2.29. The van der Waals surface area contributed by atoms with E-state index in [0.717, 1.165) is 0 Å². The second kappa shape index (κ2) is 8.32. The fraction of sp³-hybridized carbons (Fsp3) is 0.278. The summed E-state index contributed by atoms with van der Waals surface area (Å²) in [4.78, 5) is 12.4. The van der Waals surface area contributed by atoms with Crippen LogP contribution in [0.3, 0.4) is 0 Å². The van der Waals surface area contributed by atoms with E-state index in [1.54, 1.807) is 43.3 Å². The van der Waals surface area contributed by atoms with E-state index in [2.05, 4.69) is 10.1 Å². The first-order chi connectivity index (χ1) is 12.0. The van der Waals surface area contributed by atoms with Crippen LogP contribution in [0.4, 0.5) is 8.78 Å². The number of halogens is 2. The van der Waals surface area contributed by atoms with Crippen molar-refractivity contribution in [2.75, 3.05) is 14.2 Å². The Labute approximate surface area is 144 Å². The molecule has 0 aliphatic heterocycles. The number of alkyl halides is 2. The third kappa shape index (κ3) is 4.59. The molecule has 7 heteroatoms. The third-order valence-electron chi connectivity index (χ3n) is 3.59. The number of amides is 1. The van der Waals surface area contributed by atoms with Crippen LogP contribution in [0.15, 0.2) is 42.5 Å². The first kappa shape index (κ1) is 18.5. The minimum absolute atomic E-state index is 0.0256. The van der Waals surface area contributed by atoms with Gasteiger partial charge in [0.05, 0.1) is 20.3 Å². The maximum atomic E-state index is 12.5. The van der Waals surface area contributed by atoms with Crippen molar-refractivity contribution < 1.29 is 27.8 Å². The summed E-state index contributed by atoms with van der Waals surface area (Å²) >= 11 is 0. The Kier molecular flexibility index (Phi) is 6.16. The van der Waals surface area contributed by atoms with E-state index in [1.165, 1.54) is 20.3 Å². The lowest BCUT2D eigenvalue weighted by Gasteiger charge is -2.18. The highest BCUT2D eigenvalue weighted by atomic mass is 19.3. The van der Waals surface area contributed by atoms with Gasteiger partial charge in [-0.2, -0.15) is 8.78 Å².